The Kier molecular flexibility index (Phi) is 3.20. The fourth-order valence-corrected chi connectivity index (χ4v) is 3.41. The van der Waals surface area contributed by atoms with Gasteiger partial charge in [0.15, 0.2) is 5.13 Å². The van der Waals surface area contributed by atoms with Crippen molar-refractivity contribution >= 4 is 49.4 Å². The highest BCUT2D eigenvalue weighted by atomic mass is 32.1. The number of aromatic amines is 1. The van der Waals surface area contributed by atoms with Crippen molar-refractivity contribution < 1.29 is 4.92 Å². The lowest BCUT2D eigenvalue weighted by Gasteiger charge is -1.97. The standard InChI is InChI=1S/C16H13N5O2S/c1-8-5-12-13(6-9(8)2)18-15(17-12)20-16-19-11-4-3-10(21(22)23)7-14(11)24-16/h3-7H,1-2H3,(H2,17,18,19,20). The number of H-pyrrole nitrogens is 1. The van der Waals surface area contributed by atoms with Gasteiger partial charge in [0, 0.05) is 12.1 Å². The molecule has 2 aromatic heterocycles. The van der Waals surface area contributed by atoms with Crippen LogP contribution in [0.4, 0.5) is 16.8 Å². The molecular weight excluding hydrogens is 326 g/mol. The number of nitro benzene ring substituents is 1. The quantitative estimate of drug-likeness (QED) is 0.425. The predicted octanol–water partition coefficient (Wildman–Crippen LogP) is 4.44. The Bertz CT molecular complexity index is 1060. The van der Waals surface area contributed by atoms with Crippen molar-refractivity contribution in [1.82, 2.24) is 15.0 Å². The molecule has 0 amide bonds. The molecule has 4 aromatic rings. The summed E-state index contributed by atoms with van der Waals surface area (Å²) in [6.45, 7) is 4.11. The number of aromatic nitrogens is 3. The van der Waals surface area contributed by atoms with E-state index in [1.807, 2.05) is 6.07 Å². The normalized spacial score (nSPS) is 11.2. The summed E-state index contributed by atoms with van der Waals surface area (Å²) in [7, 11) is 0. The van der Waals surface area contributed by atoms with E-state index in [9.17, 15) is 10.1 Å². The molecule has 0 radical (unpaired) electrons. The van der Waals surface area contributed by atoms with Crippen LogP contribution in [0.2, 0.25) is 0 Å². The maximum atomic E-state index is 10.9. The van der Waals surface area contributed by atoms with Crippen LogP contribution in [0.15, 0.2) is 30.3 Å². The number of imidazole rings is 1. The minimum absolute atomic E-state index is 0.0624. The van der Waals surface area contributed by atoms with Gasteiger partial charge < -0.3 is 10.3 Å². The van der Waals surface area contributed by atoms with Crippen molar-refractivity contribution in [3.63, 3.8) is 0 Å². The van der Waals surface area contributed by atoms with Crippen molar-refractivity contribution in [3.8, 4) is 0 Å². The minimum Gasteiger partial charge on any atom is -0.324 e. The van der Waals surface area contributed by atoms with Gasteiger partial charge in [-0.25, -0.2) is 9.97 Å². The van der Waals surface area contributed by atoms with Crippen molar-refractivity contribution in [2.75, 3.05) is 5.32 Å². The Morgan fingerprint density at radius 3 is 2.71 bits per heavy atom. The monoisotopic (exact) mass is 339 g/mol. The number of anilines is 2. The van der Waals surface area contributed by atoms with Crippen molar-refractivity contribution in [1.29, 1.82) is 0 Å². The Morgan fingerprint density at radius 1 is 1.12 bits per heavy atom. The summed E-state index contributed by atoms with van der Waals surface area (Å²) in [4.78, 5) is 22.6. The van der Waals surface area contributed by atoms with Crippen LogP contribution in [-0.2, 0) is 0 Å². The van der Waals surface area contributed by atoms with Gasteiger partial charge in [0.1, 0.15) is 0 Å². The first-order valence-corrected chi connectivity index (χ1v) is 8.10. The molecule has 7 nitrogen and oxygen atoms in total. The number of nitrogens with zero attached hydrogens (tertiary/aromatic N) is 3. The summed E-state index contributed by atoms with van der Waals surface area (Å²) < 4.78 is 0.759. The third-order valence-corrected chi connectivity index (χ3v) is 4.84. The van der Waals surface area contributed by atoms with Gasteiger partial charge in [0.05, 0.1) is 26.2 Å². The number of hydrogen-bond acceptors (Lipinski definition) is 6. The summed E-state index contributed by atoms with van der Waals surface area (Å²) >= 11 is 1.35. The molecule has 0 saturated heterocycles. The summed E-state index contributed by atoms with van der Waals surface area (Å²) in [5, 5.41) is 14.6. The summed E-state index contributed by atoms with van der Waals surface area (Å²) in [5.41, 5.74) is 5.01. The van der Waals surface area contributed by atoms with E-state index in [2.05, 4.69) is 40.2 Å². The number of thiazole rings is 1. The minimum atomic E-state index is -0.407. The van der Waals surface area contributed by atoms with Gasteiger partial charge in [-0.3, -0.25) is 10.1 Å². The molecule has 0 bridgehead atoms. The van der Waals surface area contributed by atoms with Gasteiger partial charge in [0.2, 0.25) is 5.95 Å². The second-order valence-electron chi connectivity index (χ2n) is 5.59. The van der Waals surface area contributed by atoms with Crippen LogP contribution >= 0.6 is 11.3 Å². The Labute approximate surface area is 140 Å². The number of fused-ring (bicyclic) bond motifs is 2. The fraction of sp³-hybridized carbons (Fsp3) is 0.125. The molecular formula is C16H13N5O2S. The molecule has 0 aliphatic carbocycles. The smallest absolute Gasteiger partial charge is 0.270 e. The molecule has 2 aromatic carbocycles. The van der Waals surface area contributed by atoms with E-state index < -0.39 is 4.92 Å². The van der Waals surface area contributed by atoms with Gasteiger partial charge >= 0.3 is 0 Å². The van der Waals surface area contributed by atoms with E-state index in [1.54, 1.807) is 6.07 Å². The average molecular weight is 339 g/mol. The zero-order valence-corrected chi connectivity index (χ0v) is 13.8. The van der Waals surface area contributed by atoms with Crippen LogP contribution in [0, 0.1) is 24.0 Å². The molecule has 2 heterocycles. The van der Waals surface area contributed by atoms with Gasteiger partial charge in [-0.1, -0.05) is 11.3 Å². The second kappa shape index (κ2) is 5.27. The molecule has 0 saturated carbocycles. The lowest BCUT2D eigenvalue weighted by atomic mass is 10.1. The van der Waals surface area contributed by atoms with E-state index in [4.69, 9.17) is 0 Å². The molecule has 8 heteroatoms. The summed E-state index contributed by atoms with van der Waals surface area (Å²) in [6, 6.07) is 8.74. The largest absolute Gasteiger partial charge is 0.324 e. The average Bonchev–Trinajstić information content (AvgIpc) is 3.09. The molecule has 0 aliphatic rings. The third kappa shape index (κ3) is 2.46. The number of rotatable bonds is 3. The van der Waals surface area contributed by atoms with Crippen LogP contribution in [0.5, 0.6) is 0 Å². The molecule has 24 heavy (non-hydrogen) atoms. The van der Waals surface area contributed by atoms with E-state index in [0.29, 0.717) is 11.1 Å². The van der Waals surface area contributed by atoms with E-state index in [-0.39, 0.29) is 5.69 Å². The first-order chi connectivity index (χ1) is 11.5. The summed E-state index contributed by atoms with van der Waals surface area (Å²) in [5.74, 6) is 0.601. The van der Waals surface area contributed by atoms with Gasteiger partial charge in [-0.15, -0.1) is 0 Å². The van der Waals surface area contributed by atoms with Crippen LogP contribution in [-0.4, -0.2) is 19.9 Å². The molecule has 2 N–H and O–H groups in total. The maximum absolute atomic E-state index is 10.9. The van der Waals surface area contributed by atoms with Crippen LogP contribution in [0.1, 0.15) is 11.1 Å². The molecule has 120 valence electrons. The number of aryl methyl sites for hydroxylation is 2. The van der Waals surface area contributed by atoms with Crippen molar-refractivity contribution in [2.24, 2.45) is 0 Å². The maximum Gasteiger partial charge on any atom is 0.270 e. The highest BCUT2D eigenvalue weighted by Crippen LogP contribution is 2.31. The molecule has 0 spiro atoms. The Hall–Kier alpha value is -3.00. The first-order valence-electron chi connectivity index (χ1n) is 7.28. The molecule has 0 aliphatic heterocycles. The van der Waals surface area contributed by atoms with Crippen LogP contribution < -0.4 is 5.32 Å². The summed E-state index contributed by atoms with van der Waals surface area (Å²) in [6.07, 6.45) is 0. The first kappa shape index (κ1) is 14.6. The number of hydrogen-bond donors (Lipinski definition) is 2. The predicted molar refractivity (Wildman–Crippen MR) is 95.1 cm³/mol. The van der Waals surface area contributed by atoms with E-state index in [0.717, 1.165) is 21.3 Å². The van der Waals surface area contributed by atoms with Gasteiger partial charge in [-0.05, 0) is 43.2 Å². The third-order valence-electron chi connectivity index (χ3n) is 3.91. The zero-order chi connectivity index (χ0) is 16.8. The number of nitrogens with one attached hydrogen (secondary N) is 2. The number of nitro groups is 1. The molecule has 0 unspecified atom stereocenters. The number of benzene rings is 2. The second-order valence-corrected chi connectivity index (χ2v) is 6.62. The van der Waals surface area contributed by atoms with E-state index in [1.165, 1.54) is 34.6 Å². The van der Waals surface area contributed by atoms with E-state index >= 15 is 0 Å². The highest BCUT2D eigenvalue weighted by Gasteiger charge is 2.12. The highest BCUT2D eigenvalue weighted by molar-refractivity contribution is 7.22. The van der Waals surface area contributed by atoms with Crippen molar-refractivity contribution in [2.45, 2.75) is 13.8 Å². The van der Waals surface area contributed by atoms with Crippen LogP contribution in [0.3, 0.4) is 0 Å². The van der Waals surface area contributed by atoms with Gasteiger partial charge in [0.25, 0.3) is 5.69 Å². The molecule has 0 fully saturated rings. The van der Waals surface area contributed by atoms with Crippen molar-refractivity contribution in [3.05, 3.63) is 51.6 Å². The van der Waals surface area contributed by atoms with Gasteiger partial charge in [-0.2, -0.15) is 0 Å². The lowest BCUT2D eigenvalue weighted by molar-refractivity contribution is -0.384. The topological polar surface area (TPSA) is 96.7 Å². The zero-order valence-electron chi connectivity index (χ0n) is 13.0. The lowest BCUT2D eigenvalue weighted by Crippen LogP contribution is -1.90. The SMILES string of the molecule is Cc1cc2nc(Nc3nc4ccc([N+](=O)[O-])cc4s3)[nH]c2cc1C. The Balaban J connectivity index is 1.69. The Morgan fingerprint density at radius 2 is 1.92 bits per heavy atom. The molecule has 0 atom stereocenters. The van der Waals surface area contributed by atoms with Crippen LogP contribution in [0.25, 0.3) is 21.3 Å². The fourth-order valence-electron chi connectivity index (χ4n) is 2.51. The molecule has 4 rings (SSSR count). The number of non-ortho nitro benzene ring substituents is 1.